The molecule has 0 aliphatic carbocycles. The van der Waals surface area contributed by atoms with Gasteiger partial charge in [-0.3, -0.25) is 0 Å². The van der Waals surface area contributed by atoms with E-state index in [9.17, 15) is 17.4 Å². The van der Waals surface area contributed by atoms with Gasteiger partial charge in [0.1, 0.15) is 0 Å². The number of hydrogen-bond donors (Lipinski definition) is 0. The third-order valence-corrected chi connectivity index (χ3v) is 5.28. The van der Waals surface area contributed by atoms with E-state index in [1.165, 1.54) is 4.68 Å². The van der Waals surface area contributed by atoms with Crippen molar-refractivity contribution in [2.75, 3.05) is 0 Å². The first-order valence-corrected chi connectivity index (χ1v) is 9.77. The zero-order valence-corrected chi connectivity index (χ0v) is 16.9. The molecule has 0 saturated heterocycles. The van der Waals surface area contributed by atoms with Gasteiger partial charge in [0.15, 0.2) is 5.69 Å². The number of aromatic nitrogens is 2. The maximum absolute atomic E-state index is 13.6. The lowest BCUT2D eigenvalue weighted by molar-refractivity contribution is -0.141. The molecule has 152 valence electrons. The van der Waals surface area contributed by atoms with Gasteiger partial charge < -0.3 is 0 Å². The molecule has 0 atom stereocenters. The number of aryl methyl sites for hydroxylation is 1. The smallest absolute Gasteiger partial charge is 0.232 e. The molecule has 30 heavy (non-hydrogen) atoms. The molecule has 0 spiro atoms. The van der Waals surface area contributed by atoms with E-state index < -0.39 is 11.9 Å². The average Bonchev–Trinajstić information content (AvgIpc) is 3.16. The summed E-state index contributed by atoms with van der Waals surface area (Å²) < 4.78 is 56.8. The summed E-state index contributed by atoms with van der Waals surface area (Å²) in [6, 6.07) is 17.5. The van der Waals surface area contributed by atoms with Crippen LogP contribution in [-0.2, 0) is 17.6 Å². The van der Waals surface area contributed by atoms with Crippen molar-refractivity contribution in [2.24, 2.45) is 4.36 Å². The summed E-state index contributed by atoms with van der Waals surface area (Å²) in [4.78, 5) is 0. The Balaban J connectivity index is 2.06. The highest BCUT2D eigenvalue weighted by atomic mass is 32.1. The van der Waals surface area contributed by atoms with E-state index in [1.54, 1.807) is 38.1 Å². The van der Waals surface area contributed by atoms with Crippen molar-refractivity contribution in [3.05, 3.63) is 77.5 Å². The molecule has 0 aliphatic rings. The molecular weight excluding hydrogens is 411 g/mol. The van der Waals surface area contributed by atoms with Crippen LogP contribution in [0.15, 0.2) is 65.0 Å². The van der Waals surface area contributed by atoms with Crippen molar-refractivity contribution in [1.82, 2.24) is 9.78 Å². The monoisotopic (exact) mass is 427 g/mol. The Morgan fingerprint density at radius 2 is 1.73 bits per heavy atom. The summed E-state index contributed by atoms with van der Waals surface area (Å²) in [7, 11) is 0. The van der Waals surface area contributed by atoms with E-state index in [-0.39, 0.29) is 11.5 Å². The second kappa shape index (κ2) is 7.53. The SMILES string of the molecule is Cc1ccc(-n2nc(C(F)(F)F)cc2-c2cccc3ccccc23)c(C)c1N=S=O. The van der Waals surface area contributed by atoms with Crippen LogP contribution in [0.5, 0.6) is 0 Å². The van der Waals surface area contributed by atoms with Gasteiger partial charge in [-0.2, -0.15) is 26.8 Å². The van der Waals surface area contributed by atoms with Gasteiger partial charge in [0.25, 0.3) is 0 Å². The van der Waals surface area contributed by atoms with Gasteiger partial charge in [0.05, 0.1) is 17.1 Å². The molecule has 0 fully saturated rings. The molecule has 4 aromatic rings. The Bertz CT molecular complexity index is 1320. The molecule has 1 heterocycles. The largest absolute Gasteiger partial charge is 0.435 e. The van der Waals surface area contributed by atoms with Crippen LogP contribution in [0.1, 0.15) is 16.8 Å². The second-order valence-corrected chi connectivity index (χ2v) is 7.22. The number of alkyl halides is 3. The number of nitrogens with zero attached hydrogens (tertiary/aromatic N) is 3. The molecule has 0 radical (unpaired) electrons. The average molecular weight is 427 g/mol. The lowest BCUT2D eigenvalue weighted by Gasteiger charge is -2.14. The van der Waals surface area contributed by atoms with Crippen molar-refractivity contribution in [2.45, 2.75) is 20.0 Å². The fourth-order valence-electron chi connectivity index (χ4n) is 3.58. The zero-order chi connectivity index (χ0) is 21.5. The van der Waals surface area contributed by atoms with E-state index in [1.807, 2.05) is 30.3 Å². The van der Waals surface area contributed by atoms with Crippen molar-refractivity contribution >= 4 is 27.9 Å². The van der Waals surface area contributed by atoms with Crippen LogP contribution in [-0.4, -0.2) is 14.0 Å². The Kier molecular flexibility index (Phi) is 5.03. The number of rotatable bonds is 3. The quantitative estimate of drug-likeness (QED) is 0.382. The van der Waals surface area contributed by atoms with E-state index in [0.29, 0.717) is 28.2 Å². The topological polar surface area (TPSA) is 47.2 Å². The minimum absolute atomic E-state index is 0.0642. The first kappa shape index (κ1) is 20.0. The minimum atomic E-state index is -4.60. The molecule has 0 N–H and O–H groups in total. The molecular formula is C22H16F3N3OS. The van der Waals surface area contributed by atoms with E-state index in [0.717, 1.165) is 22.4 Å². The van der Waals surface area contributed by atoms with Crippen molar-refractivity contribution < 1.29 is 17.4 Å². The summed E-state index contributed by atoms with van der Waals surface area (Å²) in [5, 5.41) is 5.62. The molecule has 1 aromatic heterocycles. The van der Waals surface area contributed by atoms with Gasteiger partial charge in [-0.25, -0.2) is 4.68 Å². The van der Waals surface area contributed by atoms with Crippen LogP contribution < -0.4 is 0 Å². The highest BCUT2D eigenvalue weighted by molar-refractivity contribution is 7.54. The number of hydrogen-bond acceptors (Lipinski definition) is 3. The molecule has 0 bridgehead atoms. The van der Waals surface area contributed by atoms with Crippen LogP contribution in [0.2, 0.25) is 0 Å². The first-order chi connectivity index (χ1) is 14.3. The standard InChI is InChI=1S/C22H16F3N3OS/c1-13-10-11-18(14(2)21(13)27-30-29)28-19(12-20(26-28)22(23,24)25)17-9-5-7-15-6-3-4-8-16(15)17/h3-12H,1-2H3. The Labute approximate surface area is 174 Å². The molecule has 4 nitrogen and oxygen atoms in total. The summed E-state index contributed by atoms with van der Waals surface area (Å²) in [5.74, 6) is 0. The van der Waals surface area contributed by atoms with Gasteiger partial charge in [0.2, 0.25) is 11.5 Å². The summed E-state index contributed by atoms with van der Waals surface area (Å²) in [6.45, 7) is 3.51. The van der Waals surface area contributed by atoms with Crippen molar-refractivity contribution in [3.8, 4) is 16.9 Å². The molecule has 3 aromatic carbocycles. The summed E-state index contributed by atoms with van der Waals surface area (Å²) >= 11 is 0.0642. The third-order valence-electron chi connectivity index (χ3n) is 5.03. The highest BCUT2D eigenvalue weighted by Gasteiger charge is 2.35. The Morgan fingerprint density at radius 3 is 2.47 bits per heavy atom. The van der Waals surface area contributed by atoms with Gasteiger partial charge in [-0.05, 0) is 42.3 Å². The van der Waals surface area contributed by atoms with E-state index >= 15 is 0 Å². The fraction of sp³-hybridized carbons (Fsp3) is 0.136. The number of halogens is 3. The molecule has 0 aliphatic heterocycles. The maximum Gasteiger partial charge on any atom is 0.435 e. The summed E-state index contributed by atoms with van der Waals surface area (Å²) in [6.07, 6.45) is -4.60. The lowest BCUT2D eigenvalue weighted by Crippen LogP contribution is -2.08. The third kappa shape index (κ3) is 3.43. The molecule has 8 heteroatoms. The molecule has 0 unspecified atom stereocenters. The molecule has 4 rings (SSSR count). The van der Waals surface area contributed by atoms with Crippen LogP contribution in [0, 0.1) is 13.8 Å². The molecule has 0 amide bonds. The molecule has 0 saturated carbocycles. The number of benzene rings is 3. The van der Waals surface area contributed by atoms with E-state index in [2.05, 4.69) is 9.46 Å². The Hall–Kier alpha value is -3.26. The van der Waals surface area contributed by atoms with Crippen LogP contribution >= 0.6 is 0 Å². The van der Waals surface area contributed by atoms with Gasteiger partial charge in [-0.1, -0.05) is 48.5 Å². The van der Waals surface area contributed by atoms with Gasteiger partial charge >= 0.3 is 6.18 Å². The zero-order valence-electron chi connectivity index (χ0n) is 16.1. The van der Waals surface area contributed by atoms with Gasteiger partial charge in [0, 0.05) is 11.1 Å². The Morgan fingerprint density at radius 1 is 1.00 bits per heavy atom. The van der Waals surface area contributed by atoms with E-state index in [4.69, 9.17) is 0 Å². The van der Waals surface area contributed by atoms with Crippen LogP contribution in [0.3, 0.4) is 0 Å². The van der Waals surface area contributed by atoms with Crippen molar-refractivity contribution in [1.29, 1.82) is 0 Å². The minimum Gasteiger partial charge on any atom is -0.232 e. The normalized spacial score (nSPS) is 11.6. The summed E-state index contributed by atoms with van der Waals surface area (Å²) in [5.41, 5.74) is 2.18. The number of fused-ring (bicyclic) bond motifs is 1. The van der Waals surface area contributed by atoms with Crippen LogP contribution in [0.25, 0.3) is 27.7 Å². The first-order valence-electron chi connectivity index (χ1n) is 9.07. The predicted octanol–water partition coefficient (Wildman–Crippen LogP) is 6.36. The van der Waals surface area contributed by atoms with Crippen LogP contribution in [0.4, 0.5) is 18.9 Å². The lowest BCUT2D eigenvalue weighted by atomic mass is 10.0. The highest BCUT2D eigenvalue weighted by Crippen LogP contribution is 2.38. The van der Waals surface area contributed by atoms with Gasteiger partial charge in [-0.15, -0.1) is 0 Å². The fourth-order valence-corrected chi connectivity index (χ4v) is 3.93. The van der Waals surface area contributed by atoms with Crippen molar-refractivity contribution in [3.63, 3.8) is 0 Å². The maximum atomic E-state index is 13.6. The predicted molar refractivity (Wildman–Crippen MR) is 111 cm³/mol. The second-order valence-electron chi connectivity index (χ2n) is 6.89.